The van der Waals surface area contributed by atoms with Gasteiger partial charge in [-0.15, -0.1) is 0 Å². The van der Waals surface area contributed by atoms with Gasteiger partial charge in [0.2, 0.25) is 0 Å². The van der Waals surface area contributed by atoms with Gasteiger partial charge in [0.05, 0.1) is 0 Å². The summed E-state index contributed by atoms with van der Waals surface area (Å²) in [5.41, 5.74) is 0.553. The van der Waals surface area contributed by atoms with E-state index in [4.69, 9.17) is 9.47 Å². The molecule has 1 aromatic heterocycles. The normalized spacial score (nSPS) is 12.3. The van der Waals surface area contributed by atoms with Crippen LogP contribution in [0.2, 0.25) is 0 Å². The maximum Gasteiger partial charge on any atom is 0.410 e. The molecule has 0 aliphatic heterocycles. The van der Waals surface area contributed by atoms with Gasteiger partial charge in [-0.2, -0.15) is 0 Å². The van der Waals surface area contributed by atoms with Crippen molar-refractivity contribution in [2.75, 3.05) is 13.6 Å². The smallest absolute Gasteiger partial charge is 0.410 e. The van der Waals surface area contributed by atoms with Gasteiger partial charge in [-0.25, -0.2) is 9.78 Å². The van der Waals surface area contributed by atoms with Crippen molar-refractivity contribution in [3.05, 3.63) is 57.9 Å². The molecule has 0 spiro atoms. The zero-order valence-electron chi connectivity index (χ0n) is 15.6. The Kier molecular flexibility index (Phi) is 7.25. The molecule has 2 rings (SSSR count). The highest BCUT2D eigenvalue weighted by Crippen LogP contribution is 2.27. The Morgan fingerprint density at radius 3 is 2.50 bits per heavy atom. The molecule has 1 aromatic carbocycles. The van der Waals surface area contributed by atoms with Crippen LogP contribution in [0.5, 0.6) is 5.75 Å². The molecular formula is C20H25IN2O3. The summed E-state index contributed by atoms with van der Waals surface area (Å²) in [6, 6.07) is 13.8. The van der Waals surface area contributed by atoms with Gasteiger partial charge in [-0.1, -0.05) is 30.3 Å². The lowest BCUT2D eigenvalue weighted by molar-refractivity contribution is 0.0278. The summed E-state index contributed by atoms with van der Waals surface area (Å²) in [6.45, 7) is 6.10. The second kappa shape index (κ2) is 9.21. The largest absolute Gasteiger partial charge is 0.483 e. The van der Waals surface area contributed by atoms with Crippen molar-refractivity contribution in [3.63, 3.8) is 0 Å². The molecule has 140 valence electrons. The molecule has 0 N–H and O–H groups in total. The minimum atomic E-state index is -0.507. The van der Waals surface area contributed by atoms with Crippen LogP contribution >= 0.6 is 22.6 Å². The van der Waals surface area contributed by atoms with Crippen LogP contribution in [0, 0.1) is 3.70 Å². The number of carbonyl (C=O) groups is 1. The highest BCUT2D eigenvalue weighted by Gasteiger charge is 2.22. The van der Waals surface area contributed by atoms with E-state index in [0.29, 0.717) is 13.0 Å². The molecule has 5 nitrogen and oxygen atoms in total. The molecule has 26 heavy (non-hydrogen) atoms. The first kappa shape index (κ1) is 20.5. The molecule has 0 saturated carbocycles. The fourth-order valence-electron chi connectivity index (χ4n) is 2.32. The molecule has 0 saturated heterocycles. The highest BCUT2D eigenvalue weighted by atomic mass is 127. The zero-order valence-corrected chi connectivity index (χ0v) is 17.8. The number of aromatic nitrogens is 1. The zero-order chi connectivity index (χ0) is 19.2. The summed E-state index contributed by atoms with van der Waals surface area (Å²) in [5, 5.41) is 0. The lowest BCUT2D eigenvalue weighted by Crippen LogP contribution is -2.35. The van der Waals surface area contributed by atoms with Crippen molar-refractivity contribution in [2.24, 2.45) is 0 Å². The van der Waals surface area contributed by atoms with Gasteiger partial charge in [0, 0.05) is 26.2 Å². The molecule has 0 aliphatic carbocycles. The van der Waals surface area contributed by atoms with Gasteiger partial charge in [0.1, 0.15) is 15.4 Å². The Morgan fingerprint density at radius 2 is 1.88 bits per heavy atom. The number of ether oxygens (including phenoxy) is 2. The van der Waals surface area contributed by atoms with Gasteiger partial charge in [-0.3, -0.25) is 0 Å². The van der Waals surface area contributed by atoms with Gasteiger partial charge in [0.15, 0.2) is 5.75 Å². The Morgan fingerprint density at radius 1 is 1.19 bits per heavy atom. The van der Waals surface area contributed by atoms with Crippen LogP contribution < -0.4 is 4.74 Å². The highest BCUT2D eigenvalue weighted by molar-refractivity contribution is 14.1. The van der Waals surface area contributed by atoms with Gasteiger partial charge >= 0.3 is 6.09 Å². The third-order valence-electron chi connectivity index (χ3n) is 3.60. The summed E-state index contributed by atoms with van der Waals surface area (Å²) in [5.74, 6) is 0.738. The van der Waals surface area contributed by atoms with Crippen LogP contribution in [0.1, 0.15) is 38.9 Å². The van der Waals surface area contributed by atoms with Crippen molar-refractivity contribution in [1.82, 2.24) is 9.88 Å². The van der Waals surface area contributed by atoms with Crippen LogP contribution in [0.15, 0.2) is 48.7 Å². The quantitative estimate of drug-likeness (QED) is 0.439. The molecule has 1 heterocycles. The predicted octanol–water partition coefficient (Wildman–Crippen LogP) is 5.06. The van der Waals surface area contributed by atoms with Crippen molar-refractivity contribution >= 4 is 28.7 Å². The van der Waals surface area contributed by atoms with E-state index >= 15 is 0 Å². The Hall–Kier alpha value is -1.83. The molecule has 0 unspecified atom stereocenters. The molecule has 0 radical (unpaired) electrons. The maximum atomic E-state index is 12.2. The van der Waals surface area contributed by atoms with Crippen molar-refractivity contribution in [2.45, 2.75) is 38.9 Å². The topological polar surface area (TPSA) is 51.7 Å². The van der Waals surface area contributed by atoms with E-state index in [0.717, 1.165) is 15.0 Å². The number of benzene rings is 1. The molecule has 0 fully saturated rings. The summed E-state index contributed by atoms with van der Waals surface area (Å²) in [6.07, 6.45) is 1.87. The standard InChI is InChI=1S/C20H25IN2O3/c1-20(2,3)26-19(24)23(4)14-12-16(15-9-6-5-7-10-15)25-17-11-8-13-22-18(17)21/h5-11,13,16H,12,14H2,1-4H3/t16-/m1/s1. The molecular weight excluding hydrogens is 443 g/mol. The Bertz CT molecular complexity index is 716. The average Bonchev–Trinajstić information content (AvgIpc) is 2.59. The van der Waals surface area contributed by atoms with Crippen LogP contribution in [0.3, 0.4) is 0 Å². The molecule has 1 atom stereocenters. The van der Waals surface area contributed by atoms with E-state index < -0.39 is 5.60 Å². The summed E-state index contributed by atoms with van der Waals surface area (Å²) in [7, 11) is 1.74. The van der Waals surface area contributed by atoms with Crippen LogP contribution in [-0.2, 0) is 4.74 Å². The van der Waals surface area contributed by atoms with Crippen molar-refractivity contribution in [3.8, 4) is 5.75 Å². The van der Waals surface area contributed by atoms with Crippen LogP contribution in [0.4, 0.5) is 4.79 Å². The van der Waals surface area contributed by atoms with E-state index in [-0.39, 0.29) is 12.2 Å². The first-order valence-electron chi connectivity index (χ1n) is 8.52. The number of hydrogen-bond donors (Lipinski definition) is 0. The first-order valence-corrected chi connectivity index (χ1v) is 9.60. The molecule has 0 bridgehead atoms. The minimum Gasteiger partial charge on any atom is -0.483 e. The SMILES string of the molecule is CN(CC[C@@H](Oc1cccnc1I)c1ccccc1)C(=O)OC(C)(C)C. The minimum absolute atomic E-state index is 0.182. The number of hydrogen-bond acceptors (Lipinski definition) is 4. The van der Waals surface area contributed by atoms with Gasteiger partial charge in [0.25, 0.3) is 0 Å². The van der Waals surface area contributed by atoms with Crippen LogP contribution in [0.25, 0.3) is 0 Å². The lowest BCUT2D eigenvalue weighted by Gasteiger charge is -2.26. The van der Waals surface area contributed by atoms with E-state index in [1.54, 1.807) is 18.1 Å². The fourth-order valence-corrected chi connectivity index (χ4v) is 2.78. The molecule has 0 aliphatic rings. The average molecular weight is 468 g/mol. The van der Waals surface area contributed by atoms with Crippen LogP contribution in [-0.4, -0.2) is 35.2 Å². The third-order valence-corrected chi connectivity index (χ3v) is 4.41. The monoisotopic (exact) mass is 468 g/mol. The van der Waals surface area contributed by atoms with Gasteiger partial charge in [-0.05, 0) is 61.1 Å². The fraction of sp³-hybridized carbons (Fsp3) is 0.400. The van der Waals surface area contributed by atoms with E-state index in [9.17, 15) is 4.79 Å². The maximum absolute atomic E-state index is 12.2. The number of amides is 1. The van der Waals surface area contributed by atoms with Crippen molar-refractivity contribution in [1.29, 1.82) is 0 Å². The van der Waals surface area contributed by atoms with Crippen molar-refractivity contribution < 1.29 is 14.3 Å². The van der Waals surface area contributed by atoms with E-state index in [1.165, 1.54) is 0 Å². The number of pyridine rings is 1. The molecule has 2 aromatic rings. The Balaban J connectivity index is 2.08. The second-order valence-corrected chi connectivity index (χ2v) is 8.02. The van der Waals surface area contributed by atoms with Gasteiger partial charge < -0.3 is 14.4 Å². The molecule has 1 amide bonds. The summed E-state index contributed by atoms with van der Waals surface area (Å²) >= 11 is 2.16. The number of halogens is 1. The predicted molar refractivity (Wildman–Crippen MR) is 110 cm³/mol. The first-order chi connectivity index (χ1) is 12.3. The number of nitrogens with zero attached hydrogens (tertiary/aromatic N) is 2. The number of rotatable bonds is 6. The molecule has 6 heteroatoms. The number of carbonyl (C=O) groups excluding carboxylic acids is 1. The Labute approximate surface area is 168 Å². The van der Waals surface area contributed by atoms with E-state index in [1.807, 2.05) is 63.2 Å². The summed E-state index contributed by atoms with van der Waals surface area (Å²) in [4.78, 5) is 18.0. The lowest BCUT2D eigenvalue weighted by atomic mass is 10.1. The van der Waals surface area contributed by atoms with E-state index in [2.05, 4.69) is 27.6 Å². The second-order valence-electron chi connectivity index (χ2n) is 7.00. The third kappa shape index (κ3) is 6.48. The summed E-state index contributed by atoms with van der Waals surface area (Å²) < 4.78 is 12.4.